The molecule has 0 aliphatic carbocycles. The van der Waals surface area contributed by atoms with E-state index in [1.807, 2.05) is 0 Å². The number of amides is 2. The van der Waals surface area contributed by atoms with Crippen LogP contribution in [0.25, 0.3) is 0 Å². The van der Waals surface area contributed by atoms with E-state index in [9.17, 15) is 9.59 Å². The minimum atomic E-state index is -0.494. The summed E-state index contributed by atoms with van der Waals surface area (Å²) in [5, 5.41) is 9.39. The number of carbonyl (C=O) groups is 2. The molecule has 0 saturated heterocycles. The molecule has 2 amide bonds. The first kappa shape index (κ1) is 17.7. The van der Waals surface area contributed by atoms with Crippen molar-refractivity contribution >= 4 is 57.8 Å². The topological polar surface area (TPSA) is 96.2 Å². The normalized spacial score (nSPS) is 9.92. The van der Waals surface area contributed by atoms with Crippen LogP contribution in [-0.2, 0) is 4.79 Å². The first-order valence-corrected chi connectivity index (χ1v) is 7.68. The highest BCUT2D eigenvalue weighted by atomic mass is 35.5. The zero-order chi connectivity index (χ0) is 17.7. The van der Waals surface area contributed by atoms with E-state index in [0.717, 1.165) is 0 Å². The standard InChI is InChI=1S/C16H15ClN4O2S/c1-9(22)19-13-6-11(17)7-14(8-13)21-16(24)20-12-4-2-10(3-5-12)15(18)23/h2-8H,1H3,(H2,18,23)(H,19,22)(H2,20,21,24). The number of nitrogens with two attached hydrogens (primary N) is 1. The highest BCUT2D eigenvalue weighted by Gasteiger charge is 2.05. The lowest BCUT2D eigenvalue weighted by Crippen LogP contribution is -2.19. The third-order valence-corrected chi connectivity index (χ3v) is 3.33. The molecule has 6 nitrogen and oxygen atoms in total. The van der Waals surface area contributed by atoms with Crippen molar-refractivity contribution in [3.8, 4) is 0 Å². The monoisotopic (exact) mass is 362 g/mol. The molecule has 0 bridgehead atoms. The van der Waals surface area contributed by atoms with E-state index < -0.39 is 5.91 Å². The number of hydrogen-bond acceptors (Lipinski definition) is 3. The fraction of sp³-hybridized carbons (Fsp3) is 0.0625. The van der Waals surface area contributed by atoms with E-state index in [2.05, 4.69) is 16.0 Å². The third kappa shape index (κ3) is 5.22. The van der Waals surface area contributed by atoms with Gasteiger partial charge in [0.2, 0.25) is 11.8 Å². The second-order valence-corrected chi connectivity index (χ2v) is 5.78. The molecule has 5 N–H and O–H groups in total. The van der Waals surface area contributed by atoms with Crippen molar-refractivity contribution < 1.29 is 9.59 Å². The molecule has 2 rings (SSSR count). The molecule has 8 heteroatoms. The van der Waals surface area contributed by atoms with Crippen LogP contribution in [0.15, 0.2) is 42.5 Å². The van der Waals surface area contributed by atoms with Crippen molar-refractivity contribution in [2.75, 3.05) is 16.0 Å². The Bertz CT molecular complexity index is 793. The maximum Gasteiger partial charge on any atom is 0.248 e. The number of carbonyl (C=O) groups excluding carboxylic acids is 2. The van der Waals surface area contributed by atoms with E-state index in [4.69, 9.17) is 29.6 Å². The van der Waals surface area contributed by atoms with Gasteiger partial charge in [-0.15, -0.1) is 0 Å². The van der Waals surface area contributed by atoms with Gasteiger partial charge in [0.15, 0.2) is 5.11 Å². The number of primary amides is 1. The predicted molar refractivity (Wildman–Crippen MR) is 101 cm³/mol. The van der Waals surface area contributed by atoms with E-state index in [0.29, 0.717) is 32.8 Å². The summed E-state index contributed by atoms with van der Waals surface area (Å²) in [6, 6.07) is 11.6. The van der Waals surface area contributed by atoms with Crippen LogP contribution in [0.4, 0.5) is 17.1 Å². The van der Waals surface area contributed by atoms with E-state index in [-0.39, 0.29) is 5.91 Å². The van der Waals surface area contributed by atoms with Crippen molar-refractivity contribution in [2.24, 2.45) is 5.73 Å². The van der Waals surface area contributed by atoms with Gasteiger partial charge in [-0.25, -0.2) is 0 Å². The lowest BCUT2D eigenvalue weighted by molar-refractivity contribution is -0.114. The summed E-state index contributed by atoms with van der Waals surface area (Å²) in [5.41, 5.74) is 7.48. The molecule has 0 radical (unpaired) electrons. The molecule has 2 aromatic carbocycles. The Morgan fingerprint density at radius 2 is 1.50 bits per heavy atom. The molecule has 0 unspecified atom stereocenters. The molecule has 0 spiro atoms. The largest absolute Gasteiger partial charge is 0.366 e. The summed E-state index contributed by atoms with van der Waals surface area (Å²) < 4.78 is 0. The Labute approximate surface area is 149 Å². The lowest BCUT2D eigenvalue weighted by Gasteiger charge is -2.12. The average molecular weight is 363 g/mol. The summed E-state index contributed by atoms with van der Waals surface area (Å²) >= 11 is 11.3. The minimum Gasteiger partial charge on any atom is -0.366 e. The highest BCUT2D eigenvalue weighted by molar-refractivity contribution is 7.80. The fourth-order valence-corrected chi connectivity index (χ4v) is 2.42. The zero-order valence-corrected chi connectivity index (χ0v) is 14.3. The molecule has 0 aliphatic rings. The number of anilines is 3. The van der Waals surface area contributed by atoms with Gasteiger partial charge in [-0.05, 0) is 54.7 Å². The molecular formula is C16H15ClN4O2S. The van der Waals surface area contributed by atoms with Crippen LogP contribution in [0, 0.1) is 0 Å². The Morgan fingerprint density at radius 3 is 2.04 bits per heavy atom. The van der Waals surface area contributed by atoms with Gasteiger partial charge in [0.1, 0.15) is 0 Å². The van der Waals surface area contributed by atoms with E-state index in [1.165, 1.54) is 6.92 Å². The van der Waals surface area contributed by atoms with Crippen LogP contribution in [0.5, 0.6) is 0 Å². The maximum atomic E-state index is 11.1. The predicted octanol–water partition coefficient (Wildman–Crippen LogP) is 3.21. The first-order valence-electron chi connectivity index (χ1n) is 6.89. The summed E-state index contributed by atoms with van der Waals surface area (Å²) in [5.74, 6) is -0.690. The fourth-order valence-electron chi connectivity index (χ4n) is 1.95. The maximum absolute atomic E-state index is 11.1. The van der Waals surface area contributed by atoms with Crippen molar-refractivity contribution in [3.05, 3.63) is 53.1 Å². The zero-order valence-electron chi connectivity index (χ0n) is 12.7. The third-order valence-electron chi connectivity index (χ3n) is 2.90. The van der Waals surface area contributed by atoms with Gasteiger partial charge in [0.05, 0.1) is 0 Å². The van der Waals surface area contributed by atoms with Gasteiger partial charge in [-0.1, -0.05) is 11.6 Å². The summed E-state index contributed by atoms with van der Waals surface area (Å²) in [6.45, 7) is 1.41. The number of thiocarbonyl (C=S) groups is 1. The van der Waals surface area contributed by atoms with Gasteiger partial charge in [-0.2, -0.15) is 0 Å². The number of halogens is 1. The molecule has 0 atom stereocenters. The van der Waals surface area contributed by atoms with Crippen molar-refractivity contribution in [1.82, 2.24) is 0 Å². The van der Waals surface area contributed by atoms with Gasteiger partial charge in [0, 0.05) is 34.6 Å². The minimum absolute atomic E-state index is 0.196. The second kappa shape index (κ2) is 7.76. The van der Waals surface area contributed by atoms with Crippen LogP contribution < -0.4 is 21.7 Å². The molecule has 0 aliphatic heterocycles. The highest BCUT2D eigenvalue weighted by Crippen LogP contribution is 2.23. The van der Waals surface area contributed by atoms with Crippen LogP contribution in [0.3, 0.4) is 0 Å². The molecule has 0 fully saturated rings. The van der Waals surface area contributed by atoms with Crippen LogP contribution in [0.2, 0.25) is 5.02 Å². The lowest BCUT2D eigenvalue weighted by atomic mass is 10.2. The Kier molecular flexibility index (Phi) is 5.73. The Morgan fingerprint density at radius 1 is 0.958 bits per heavy atom. The smallest absolute Gasteiger partial charge is 0.248 e. The number of rotatable bonds is 4. The summed E-state index contributed by atoms with van der Waals surface area (Å²) in [6.07, 6.45) is 0. The van der Waals surface area contributed by atoms with Gasteiger partial charge >= 0.3 is 0 Å². The first-order chi connectivity index (χ1) is 11.3. The van der Waals surface area contributed by atoms with E-state index >= 15 is 0 Å². The Hall–Kier alpha value is -2.64. The second-order valence-electron chi connectivity index (χ2n) is 4.93. The molecule has 24 heavy (non-hydrogen) atoms. The van der Waals surface area contributed by atoms with Crippen LogP contribution in [0.1, 0.15) is 17.3 Å². The molecule has 124 valence electrons. The molecule has 0 aromatic heterocycles. The molecule has 0 heterocycles. The quantitative estimate of drug-likeness (QED) is 0.626. The van der Waals surface area contributed by atoms with Crippen molar-refractivity contribution in [3.63, 3.8) is 0 Å². The van der Waals surface area contributed by atoms with Gasteiger partial charge < -0.3 is 21.7 Å². The van der Waals surface area contributed by atoms with Gasteiger partial charge in [0.25, 0.3) is 0 Å². The number of benzene rings is 2. The van der Waals surface area contributed by atoms with Crippen molar-refractivity contribution in [1.29, 1.82) is 0 Å². The van der Waals surface area contributed by atoms with Crippen LogP contribution >= 0.6 is 23.8 Å². The average Bonchev–Trinajstić information content (AvgIpc) is 2.46. The van der Waals surface area contributed by atoms with Crippen LogP contribution in [-0.4, -0.2) is 16.9 Å². The van der Waals surface area contributed by atoms with Crippen molar-refractivity contribution in [2.45, 2.75) is 6.92 Å². The Balaban J connectivity index is 2.05. The SMILES string of the molecule is CC(=O)Nc1cc(Cl)cc(NC(=S)Nc2ccc(C(N)=O)cc2)c1. The molecule has 2 aromatic rings. The number of nitrogens with one attached hydrogen (secondary N) is 3. The number of hydrogen-bond donors (Lipinski definition) is 4. The van der Waals surface area contributed by atoms with Gasteiger partial charge in [-0.3, -0.25) is 9.59 Å². The summed E-state index contributed by atoms with van der Waals surface area (Å²) in [4.78, 5) is 22.2. The molecular weight excluding hydrogens is 348 g/mol. The molecule has 0 saturated carbocycles. The van der Waals surface area contributed by atoms with E-state index in [1.54, 1.807) is 42.5 Å². The summed E-state index contributed by atoms with van der Waals surface area (Å²) in [7, 11) is 0.